The summed E-state index contributed by atoms with van der Waals surface area (Å²) in [5.74, 6) is -0.861. The molecule has 2 aromatic rings. The van der Waals surface area contributed by atoms with Crippen molar-refractivity contribution in [3.05, 3.63) is 57.1 Å². The van der Waals surface area contributed by atoms with E-state index in [0.717, 1.165) is 5.56 Å². The Bertz CT molecular complexity index is 812. The fraction of sp³-hybridized carbons (Fsp3) is 0.294. The third-order valence-electron chi connectivity index (χ3n) is 3.65. The summed E-state index contributed by atoms with van der Waals surface area (Å²) in [7, 11) is 2.79. The summed E-state index contributed by atoms with van der Waals surface area (Å²) in [5.41, 5.74) is 1.39. The zero-order chi connectivity index (χ0) is 17.1. The molecule has 122 valence electrons. The fourth-order valence-electron chi connectivity index (χ4n) is 2.32. The van der Waals surface area contributed by atoms with E-state index in [1.807, 2.05) is 6.92 Å². The SMILES string of the molecule is CCc1cc(C(=O)OC)c(Nc2ccc(C)cc2F)n(C)c1=O. The number of hydrogen-bond donors (Lipinski definition) is 1. The Balaban J connectivity index is 2.62. The largest absolute Gasteiger partial charge is 0.465 e. The molecule has 0 unspecified atom stereocenters. The summed E-state index contributed by atoms with van der Waals surface area (Å²) in [6, 6.07) is 6.16. The number of carbonyl (C=O) groups is 1. The first-order chi connectivity index (χ1) is 10.9. The molecule has 0 aliphatic carbocycles. The van der Waals surface area contributed by atoms with E-state index in [0.29, 0.717) is 12.0 Å². The number of aromatic nitrogens is 1. The van der Waals surface area contributed by atoms with Gasteiger partial charge in [0.2, 0.25) is 0 Å². The second-order valence-corrected chi connectivity index (χ2v) is 5.25. The van der Waals surface area contributed by atoms with Gasteiger partial charge in [-0.05, 0) is 37.1 Å². The number of carbonyl (C=O) groups excluding carboxylic acids is 1. The van der Waals surface area contributed by atoms with Crippen molar-refractivity contribution < 1.29 is 13.9 Å². The van der Waals surface area contributed by atoms with Gasteiger partial charge in [0.15, 0.2) is 0 Å². The average Bonchev–Trinajstić information content (AvgIpc) is 2.53. The van der Waals surface area contributed by atoms with Crippen LogP contribution in [-0.2, 0) is 18.2 Å². The van der Waals surface area contributed by atoms with Gasteiger partial charge in [0, 0.05) is 12.6 Å². The molecule has 0 saturated carbocycles. The number of nitrogens with one attached hydrogen (secondary N) is 1. The summed E-state index contributed by atoms with van der Waals surface area (Å²) in [6.07, 6.45) is 0.482. The molecule has 0 atom stereocenters. The molecular formula is C17H19FN2O3. The molecule has 0 aliphatic rings. The second-order valence-electron chi connectivity index (χ2n) is 5.25. The molecule has 0 fully saturated rings. The molecule has 0 amide bonds. The molecule has 0 aliphatic heterocycles. The van der Waals surface area contributed by atoms with Gasteiger partial charge in [0.05, 0.1) is 12.8 Å². The first kappa shape index (κ1) is 16.7. The van der Waals surface area contributed by atoms with Crippen LogP contribution in [0, 0.1) is 12.7 Å². The Labute approximate surface area is 133 Å². The third kappa shape index (κ3) is 3.26. The zero-order valence-corrected chi connectivity index (χ0v) is 13.6. The van der Waals surface area contributed by atoms with Crippen LogP contribution in [0.1, 0.15) is 28.4 Å². The van der Waals surface area contributed by atoms with E-state index in [2.05, 4.69) is 5.32 Å². The molecule has 1 aromatic heterocycles. The van der Waals surface area contributed by atoms with E-state index < -0.39 is 11.8 Å². The summed E-state index contributed by atoms with van der Waals surface area (Å²) in [4.78, 5) is 24.3. The van der Waals surface area contributed by atoms with Gasteiger partial charge in [-0.15, -0.1) is 0 Å². The standard InChI is InChI=1S/C17H19FN2O3/c1-5-11-9-12(17(22)23-4)15(20(3)16(11)21)19-14-7-6-10(2)8-13(14)18/h6-9,19H,5H2,1-4H3. The lowest BCUT2D eigenvalue weighted by Gasteiger charge is -2.17. The van der Waals surface area contributed by atoms with Gasteiger partial charge in [-0.25, -0.2) is 9.18 Å². The number of aryl methyl sites for hydroxylation is 2. The number of anilines is 2. The number of hydrogen-bond acceptors (Lipinski definition) is 4. The molecule has 0 bridgehead atoms. The van der Waals surface area contributed by atoms with Crippen molar-refractivity contribution in [1.29, 1.82) is 0 Å². The predicted octanol–water partition coefficient (Wildman–Crippen LogP) is 2.93. The van der Waals surface area contributed by atoms with Crippen LogP contribution in [0.3, 0.4) is 0 Å². The first-order valence-corrected chi connectivity index (χ1v) is 7.23. The Morgan fingerprint density at radius 3 is 2.61 bits per heavy atom. The molecule has 1 heterocycles. The molecule has 1 aromatic carbocycles. The van der Waals surface area contributed by atoms with Crippen molar-refractivity contribution in [2.75, 3.05) is 12.4 Å². The lowest BCUT2D eigenvalue weighted by atomic mass is 10.1. The average molecular weight is 318 g/mol. The maximum atomic E-state index is 14.1. The van der Waals surface area contributed by atoms with Crippen LogP contribution in [0.5, 0.6) is 0 Å². The number of esters is 1. The number of nitrogens with zero attached hydrogens (tertiary/aromatic N) is 1. The molecular weight excluding hydrogens is 299 g/mol. The smallest absolute Gasteiger partial charge is 0.341 e. The molecule has 0 saturated heterocycles. The first-order valence-electron chi connectivity index (χ1n) is 7.23. The molecule has 5 nitrogen and oxygen atoms in total. The minimum Gasteiger partial charge on any atom is -0.465 e. The molecule has 23 heavy (non-hydrogen) atoms. The van der Waals surface area contributed by atoms with Gasteiger partial charge in [-0.2, -0.15) is 0 Å². The van der Waals surface area contributed by atoms with Crippen LogP contribution in [-0.4, -0.2) is 17.6 Å². The van der Waals surface area contributed by atoms with Gasteiger partial charge in [-0.3, -0.25) is 9.36 Å². The topological polar surface area (TPSA) is 60.3 Å². The van der Waals surface area contributed by atoms with Crippen LogP contribution in [0.15, 0.2) is 29.1 Å². The third-order valence-corrected chi connectivity index (χ3v) is 3.65. The number of halogens is 1. The molecule has 0 spiro atoms. The Morgan fingerprint density at radius 2 is 2.04 bits per heavy atom. The van der Waals surface area contributed by atoms with Crippen LogP contribution < -0.4 is 10.9 Å². The van der Waals surface area contributed by atoms with Gasteiger partial charge < -0.3 is 10.1 Å². The number of benzene rings is 1. The van der Waals surface area contributed by atoms with E-state index >= 15 is 0 Å². The lowest BCUT2D eigenvalue weighted by Crippen LogP contribution is -2.26. The number of pyridine rings is 1. The molecule has 6 heteroatoms. The highest BCUT2D eigenvalue weighted by molar-refractivity contribution is 5.95. The minimum atomic E-state index is -0.592. The van der Waals surface area contributed by atoms with Gasteiger partial charge in [0.25, 0.3) is 5.56 Å². The number of ether oxygens (including phenoxy) is 1. The highest BCUT2D eigenvalue weighted by Gasteiger charge is 2.19. The highest BCUT2D eigenvalue weighted by atomic mass is 19.1. The van der Waals surface area contributed by atoms with E-state index in [4.69, 9.17) is 4.74 Å². The van der Waals surface area contributed by atoms with E-state index in [9.17, 15) is 14.0 Å². The normalized spacial score (nSPS) is 10.5. The maximum Gasteiger partial charge on any atom is 0.341 e. The minimum absolute atomic E-state index is 0.181. The van der Waals surface area contributed by atoms with Crippen LogP contribution in [0.25, 0.3) is 0 Å². The lowest BCUT2D eigenvalue weighted by molar-refractivity contribution is 0.0601. The van der Waals surface area contributed by atoms with Gasteiger partial charge >= 0.3 is 5.97 Å². The number of rotatable bonds is 4. The Hall–Kier alpha value is -2.63. The second kappa shape index (κ2) is 6.64. The van der Waals surface area contributed by atoms with Crippen LogP contribution in [0.2, 0.25) is 0 Å². The van der Waals surface area contributed by atoms with E-state index in [1.165, 1.54) is 30.9 Å². The Kier molecular flexibility index (Phi) is 4.83. The van der Waals surface area contributed by atoms with Crippen molar-refractivity contribution in [1.82, 2.24) is 4.57 Å². The van der Waals surface area contributed by atoms with Crippen molar-refractivity contribution in [3.63, 3.8) is 0 Å². The quantitative estimate of drug-likeness (QED) is 0.881. The van der Waals surface area contributed by atoms with E-state index in [1.54, 1.807) is 19.1 Å². The van der Waals surface area contributed by atoms with Crippen molar-refractivity contribution in [3.8, 4) is 0 Å². The van der Waals surface area contributed by atoms with Crippen molar-refractivity contribution >= 4 is 17.5 Å². The highest BCUT2D eigenvalue weighted by Crippen LogP contribution is 2.24. The fourth-order valence-corrected chi connectivity index (χ4v) is 2.32. The van der Waals surface area contributed by atoms with E-state index in [-0.39, 0.29) is 22.6 Å². The molecule has 2 rings (SSSR count). The van der Waals surface area contributed by atoms with Crippen LogP contribution in [0.4, 0.5) is 15.9 Å². The monoisotopic (exact) mass is 318 g/mol. The molecule has 0 radical (unpaired) electrons. The van der Waals surface area contributed by atoms with Crippen molar-refractivity contribution in [2.45, 2.75) is 20.3 Å². The summed E-state index contributed by atoms with van der Waals surface area (Å²) in [5, 5.41) is 2.83. The van der Waals surface area contributed by atoms with Gasteiger partial charge in [-0.1, -0.05) is 13.0 Å². The summed E-state index contributed by atoms with van der Waals surface area (Å²) >= 11 is 0. The maximum absolute atomic E-state index is 14.1. The number of methoxy groups -OCH3 is 1. The Morgan fingerprint density at radius 1 is 1.35 bits per heavy atom. The predicted molar refractivity (Wildman–Crippen MR) is 86.8 cm³/mol. The van der Waals surface area contributed by atoms with Gasteiger partial charge in [0.1, 0.15) is 17.2 Å². The van der Waals surface area contributed by atoms with Crippen LogP contribution >= 0.6 is 0 Å². The van der Waals surface area contributed by atoms with Crippen molar-refractivity contribution in [2.24, 2.45) is 7.05 Å². The summed E-state index contributed by atoms with van der Waals surface area (Å²) in [6.45, 7) is 3.60. The molecule has 1 N–H and O–H groups in total. The summed E-state index contributed by atoms with van der Waals surface area (Å²) < 4.78 is 20.1. The zero-order valence-electron chi connectivity index (χ0n) is 13.6.